The second-order valence-corrected chi connectivity index (χ2v) is 7.87. The zero-order valence-corrected chi connectivity index (χ0v) is 19.1. The van der Waals surface area contributed by atoms with Gasteiger partial charge in [-0.1, -0.05) is 67.6 Å². The fraction of sp³-hybridized carbons (Fsp3) is 0.357. The molecule has 0 amide bonds. The van der Waals surface area contributed by atoms with Crippen molar-refractivity contribution in [1.29, 1.82) is 0 Å². The highest BCUT2D eigenvalue weighted by atomic mass is 16.5. The van der Waals surface area contributed by atoms with Crippen LogP contribution in [-0.4, -0.2) is 21.3 Å². The average Bonchev–Trinajstić information content (AvgIpc) is 2.83. The van der Waals surface area contributed by atoms with Crippen molar-refractivity contribution < 1.29 is 14.2 Å². The van der Waals surface area contributed by atoms with Crippen LogP contribution in [0.25, 0.3) is 0 Å². The summed E-state index contributed by atoms with van der Waals surface area (Å²) in [6, 6.07) is 24.8. The summed E-state index contributed by atoms with van der Waals surface area (Å²) in [5.41, 5.74) is 4.81. The van der Waals surface area contributed by atoms with Crippen molar-refractivity contribution >= 4 is 0 Å². The first-order valence-electron chi connectivity index (χ1n) is 11.0. The van der Waals surface area contributed by atoms with E-state index in [-0.39, 0.29) is 0 Å². The molecule has 1 atom stereocenters. The quantitative estimate of drug-likeness (QED) is 0.360. The number of benzene rings is 3. The van der Waals surface area contributed by atoms with Crippen LogP contribution in [0.15, 0.2) is 60.7 Å². The van der Waals surface area contributed by atoms with Gasteiger partial charge >= 0.3 is 0 Å². The Bertz CT molecular complexity index is 935. The topological polar surface area (TPSA) is 27.7 Å². The Hall–Kier alpha value is -2.94. The molecule has 1 radical (unpaired) electrons. The molecule has 3 aromatic rings. The summed E-state index contributed by atoms with van der Waals surface area (Å²) in [7, 11) is 5.04. The lowest BCUT2D eigenvalue weighted by Crippen LogP contribution is -2.05. The van der Waals surface area contributed by atoms with Crippen molar-refractivity contribution in [3.05, 3.63) is 89.0 Å². The molecule has 0 N–H and O–H groups in total. The molecule has 3 nitrogen and oxygen atoms in total. The van der Waals surface area contributed by atoms with Crippen molar-refractivity contribution in [3.63, 3.8) is 0 Å². The summed E-state index contributed by atoms with van der Waals surface area (Å²) >= 11 is 0. The van der Waals surface area contributed by atoms with Crippen LogP contribution in [0.1, 0.15) is 47.9 Å². The molecule has 0 heterocycles. The number of aryl methyl sites for hydroxylation is 3. The summed E-state index contributed by atoms with van der Waals surface area (Å²) in [5.74, 6) is 2.58. The second-order valence-electron chi connectivity index (χ2n) is 7.87. The molecule has 0 saturated heterocycles. The molecule has 0 aliphatic heterocycles. The van der Waals surface area contributed by atoms with Gasteiger partial charge < -0.3 is 14.2 Å². The van der Waals surface area contributed by atoms with Gasteiger partial charge in [-0.05, 0) is 55.2 Å². The van der Waals surface area contributed by atoms with Gasteiger partial charge in [0, 0.05) is 11.1 Å². The number of ether oxygens (including phenoxy) is 3. The Morgan fingerprint density at radius 1 is 0.677 bits per heavy atom. The smallest absolute Gasteiger partial charge is 0.203 e. The van der Waals surface area contributed by atoms with E-state index >= 15 is 0 Å². The largest absolute Gasteiger partial charge is 0.492 e. The van der Waals surface area contributed by atoms with Gasteiger partial charge in [-0.3, -0.25) is 0 Å². The van der Waals surface area contributed by atoms with E-state index in [2.05, 4.69) is 73.7 Å². The lowest BCUT2D eigenvalue weighted by molar-refractivity contribution is 0.319. The minimum atomic E-state index is 0.453. The van der Waals surface area contributed by atoms with Crippen molar-refractivity contribution in [2.24, 2.45) is 0 Å². The average molecular weight is 418 g/mol. The maximum absolute atomic E-state index is 5.74. The number of rotatable bonds is 11. The van der Waals surface area contributed by atoms with Crippen molar-refractivity contribution in [3.8, 4) is 17.2 Å². The molecule has 3 rings (SSSR count). The van der Waals surface area contributed by atoms with Gasteiger partial charge in [0.15, 0.2) is 11.5 Å². The van der Waals surface area contributed by atoms with Gasteiger partial charge in [0.2, 0.25) is 5.75 Å². The minimum absolute atomic E-state index is 0.453. The van der Waals surface area contributed by atoms with Crippen LogP contribution in [0.2, 0.25) is 0 Å². The highest BCUT2D eigenvalue weighted by Gasteiger charge is 2.21. The van der Waals surface area contributed by atoms with E-state index in [1.807, 2.05) is 0 Å². The van der Waals surface area contributed by atoms with E-state index in [9.17, 15) is 0 Å². The first kappa shape index (κ1) is 22.7. The zero-order valence-electron chi connectivity index (χ0n) is 19.1. The van der Waals surface area contributed by atoms with E-state index in [1.54, 1.807) is 21.3 Å². The molecule has 0 aliphatic carbocycles. The molecular weight excluding hydrogens is 384 g/mol. The molecule has 0 saturated carbocycles. The molecule has 3 aromatic carbocycles. The molecular formula is C28H33O3. The monoisotopic (exact) mass is 417 g/mol. The zero-order chi connectivity index (χ0) is 22.1. The fourth-order valence-corrected chi connectivity index (χ4v) is 4.07. The van der Waals surface area contributed by atoms with E-state index in [0.717, 1.165) is 54.7 Å². The molecule has 0 aliphatic rings. The Kier molecular flexibility index (Phi) is 8.40. The van der Waals surface area contributed by atoms with Crippen molar-refractivity contribution in [2.75, 3.05) is 21.3 Å². The maximum atomic E-state index is 5.74. The van der Waals surface area contributed by atoms with Gasteiger partial charge in [0.05, 0.1) is 21.3 Å². The molecule has 1 unspecified atom stereocenters. The summed E-state index contributed by atoms with van der Waals surface area (Å²) in [4.78, 5) is 0. The van der Waals surface area contributed by atoms with Crippen LogP contribution in [0, 0.1) is 6.07 Å². The Labute approximate surface area is 187 Å². The Balaban J connectivity index is 1.80. The van der Waals surface area contributed by atoms with Gasteiger partial charge in [-0.15, -0.1) is 0 Å². The predicted octanol–water partition coefficient (Wildman–Crippen LogP) is 6.42. The van der Waals surface area contributed by atoms with Crippen molar-refractivity contribution in [2.45, 2.75) is 44.9 Å². The summed E-state index contributed by atoms with van der Waals surface area (Å²) in [6.07, 6.45) is 4.79. The van der Waals surface area contributed by atoms with Crippen LogP contribution in [0.3, 0.4) is 0 Å². The SMILES string of the molecule is COc1c(CCCc2ccccc2)[c]c(CCC(C)c2ccccc2)c(OC)c1OC. The lowest BCUT2D eigenvalue weighted by Gasteiger charge is -2.20. The van der Waals surface area contributed by atoms with Gasteiger partial charge in [0.25, 0.3) is 0 Å². The molecule has 0 aromatic heterocycles. The molecule has 0 spiro atoms. The summed E-state index contributed by atoms with van der Waals surface area (Å²) in [6.45, 7) is 2.27. The van der Waals surface area contributed by atoms with E-state index < -0.39 is 0 Å². The predicted molar refractivity (Wildman–Crippen MR) is 127 cm³/mol. The third kappa shape index (κ3) is 5.81. The fourth-order valence-electron chi connectivity index (χ4n) is 4.07. The molecule has 0 fully saturated rings. The third-order valence-corrected chi connectivity index (χ3v) is 5.81. The Morgan fingerprint density at radius 2 is 1.23 bits per heavy atom. The summed E-state index contributed by atoms with van der Waals surface area (Å²) < 4.78 is 17.2. The van der Waals surface area contributed by atoms with E-state index in [1.165, 1.54) is 11.1 Å². The van der Waals surface area contributed by atoms with Crippen LogP contribution in [0.4, 0.5) is 0 Å². The molecule has 3 heteroatoms. The summed E-state index contributed by atoms with van der Waals surface area (Å²) in [5, 5.41) is 0. The van der Waals surface area contributed by atoms with Gasteiger partial charge in [-0.25, -0.2) is 0 Å². The van der Waals surface area contributed by atoms with E-state index in [4.69, 9.17) is 14.2 Å². The Morgan fingerprint density at radius 3 is 1.81 bits per heavy atom. The van der Waals surface area contributed by atoms with Crippen LogP contribution in [-0.2, 0) is 19.3 Å². The third-order valence-electron chi connectivity index (χ3n) is 5.81. The molecule has 163 valence electrons. The van der Waals surface area contributed by atoms with Crippen LogP contribution < -0.4 is 14.2 Å². The standard InChI is InChI=1S/C28H33O3/c1-21(23-15-9-6-10-16-23)18-19-25-20-24(17-11-14-22-12-7-5-8-13-22)26(29-2)28(31-4)27(25)30-3/h5-10,12-13,15-16,21H,11,14,17-19H2,1-4H3. The molecule has 0 bridgehead atoms. The van der Waals surface area contributed by atoms with Crippen LogP contribution in [0.5, 0.6) is 17.2 Å². The molecule has 31 heavy (non-hydrogen) atoms. The highest BCUT2D eigenvalue weighted by Crippen LogP contribution is 2.43. The maximum Gasteiger partial charge on any atom is 0.203 e. The second kappa shape index (κ2) is 11.5. The van der Waals surface area contributed by atoms with Crippen LogP contribution >= 0.6 is 0 Å². The first-order chi connectivity index (χ1) is 15.2. The van der Waals surface area contributed by atoms with Crippen molar-refractivity contribution in [1.82, 2.24) is 0 Å². The minimum Gasteiger partial charge on any atom is -0.492 e. The number of methoxy groups -OCH3 is 3. The number of hydrogen-bond donors (Lipinski definition) is 0. The number of hydrogen-bond acceptors (Lipinski definition) is 3. The van der Waals surface area contributed by atoms with Gasteiger partial charge in [-0.2, -0.15) is 0 Å². The van der Waals surface area contributed by atoms with E-state index in [0.29, 0.717) is 11.7 Å². The van der Waals surface area contributed by atoms with Gasteiger partial charge in [0.1, 0.15) is 0 Å². The lowest BCUT2D eigenvalue weighted by atomic mass is 9.92. The normalized spacial score (nSPS) is 11.7. The first-order valence-corrected chi connectivity index (χ1v) is 11.0. The highest BCUT2D eigenvalue weighted by molar-refractivity contribution is 5.59.